The first-order valence-electron chi connectivity index (χ1n) is 11.8. The molecule has 0 aliphatic heterocycles. The Bertz CT molecular complexity index is 410. The summed E-state index contributed by atoms with van der Waals surface area (Å²) in [6.45, 7) is 3.52. The van der Waals surface area contributed by atoms with Crippen molar-refractivity contribution in [3.05, 3.63) is 35.9 Å². The number of hydrogen-bond donors (Lipinski definition) is 0. The summed E-state index contributed by atoms with van der Waals surface area (Å²) in [6, 6.07) is 10.4. The Morgan fingerprint density at radius 1 is 0.500 bits per heavy atom. The lowest BCUT2D eigenvalue weighted by molar-refractivity contribution is 0.116. The van der Waals surface area contributed by atoms with E-state index in [0.717, 1.165) is 32.7 Å². The van der Waals surface area contributed by atoms with Crippen molar-refractivity contribution in [2.45, 2.75) is 103 Å². The molecule has 1 rings (SSSR count). The molecular weight excluding hydrogens is 343 g/mol. The fourth-order valence-electron chi connectivity index (χ4n) is 3.39. The van der Waals surface area contributed by atoms with Crippen LogP contribution in [0.4, 0.5) is 0 Å². The standard InChI is InChI=1S/C25H43BO2/c26-20-14-7-3-1-2-4-8-15-21-27-22-16-9-5-6-10-17-23-28-24-25-18-12-11-13-19-25/h11-13,18-19H,1-10,14-17,20-24H2. The number of rotatable bonds is 21. The molecule has 0 heterocycles. The molecule has 0 spiro atoms. The van der Waals surface area contributed by atoms with Crippen LogP contribution in [-0.4, -0.2) is 27.7 Å². The van der Waals surface area contributed by atoms with Gasteiger partial charge in [-0.15, -0.1) is 0 Å². The molecule has 0 fully saturated rings. The normalized spacial score (nSPS) is 11.1. The maximum atomic E-state index is 5.76. The lowest BCUT2D eigenvalue weighted by Gasteiger charge is -2.06. The molecule has 0 aliphatic carbocycles. The molecule has 0 saturated carbocycles. The summed E-state index contributed by atoms with van der Waals surface area (Å²) >= 11 is 0. The van der Waals surface area contributed by atoms with E-state index in [9.17, 15) is 0 Å². The van der Waals surface area contributed by atoms with Crippen molar-refractivity contribution in [2.24, 2.45) is 0 Å². The summed E-state index contributed by atoms with van der Waals surface area (Å²) in [5.74, 6) is 0. The molecule has 2 nitrogen and oxygen atoms in total. The first kappa shape index (κ1) is 25.2. The smallest absolute Gasteiger partial charge is 0.0716 e. The summed E-state index contributed by atoms with van der Waals surface area (Å²) in [5, 5.41) is 0. The van der Waals surface area contributed by atoms with Crippen molar-refractivity contribution in [1.82, 2.24) is 0 Å². The Kier molecular flexibility index (Phi) is 18.9. The molecule has 1 aromatic rings. The van der Waals surface area contributed by atoms with E-state index in [2.05, 4.69) is 24.3 Å². The molecule has 158 valence electrons. The fraction of sp³-hybridized carbons (Fsp3) is 0.760. The van der Waals surface area contributed by atoms with Gasteiger partial charge in [0.2, 0.25) is 0 Å². The highest BCUT2D eigenvalue weighted by atomic mass is 16.5. The van der Waals surface area contributed by atoms with Gasteiger partial charge in [-0.3, -0.25) is 0 Å². The number of unbranched alkanes of at least 4 members (excludes halogenated alkanes) is 12. The van der Waals surface area contributed by atoms with Crippen LogP contribution >= 0.6 is 0 Å². The highest BCUT2D eigenvalue weighted by Crippen LogP contribution is 2.10. The second kappa shape index (κ2) is 20.9. The summed E-state index contributed by atoms with van der Waals surface area (Å²) in [7, 11) is 5.50. The van der Waals surface area contributed by atoms with Crippen molar-refractivity contribution < 1.29 is 9.47 Å². The summed E-state index contributed by atoms with van der Waals surface area (Å²) in [5.41, 5.74) is 1.26. The molecule has 28 heavy (non-hydrogen) atoms. The van der Waals surface area contributed by atoms with Crippen LogP contribution in [0, 0.1) is 0 Å². The highest BCUT2D eigenvalue weighted by molar-refractivity contribution is 6.08. The van der Waals surface area contributed by atoms with Gasteiger partial charge in [0.25, 0.3) is 0 Å². The zero-order chi connectivity index (χ0) is 20.0. The van der Waals surface area contributed by atoms with E-state index in [4.69, 9.17) is 17.3 Å². The lowest BCUT2D eigenvalue weighted by atomic mass is 9.98. The molecule has 1 aromatic carbocycles. The van der Waals surface area contributed by atoms with E-state index in [1.54, 1.807) is 0 Å². The van der Waals surface area contributed by atoms with E-state index in [1.165, 1.54) is 95.5 Å². The molecule has 0 aromatic heterocycles. The first-order valence-corrected chi connectivity index (χ1v) is 11.8. The Labute approximate surface area is 176 Å². The molecule has 0 atom stereocenters. The minimum atomic E-state index is 0.743. The van der Waals surface area contributed by atoms with Crippen LogP contribution in [0.3, 0.4) is 0 Å². The van der Waals surface area contributed by atoms with E-state index in [1.807, 2.05) is 6.07 Å². The van der Waals surface area contributed by atoms with Gasteiger partial charge in [0.1, 0.15) is 0 Å². The van der Waals surface area contributed by atoms with Crippen LogP contribution in [0.25, 0.3) is 0 Å². The van der Waals surface area contributed by atoms with Crippen LogP contribution in [0.1, 0.15) is 95.5 Å². The molecule has 2 radical (unpaired) electrons. The lowest BCUT2D eigenvalue weighted by Crippen LogP contribution is -1.97. The quantitative estimate of drug-likeness (QED) is 0.163. The van der Waals surface area contributed by atoms with Gasteiger partial charge >= 0.3 is 0 Å². The first-order chi connectivity index (χ1) is 13.9. The van der Waals surface area contributed by atoms with Gasteiger partial charge in [-0.25, -0.2) is 0 Å². The van der Waals surface area contributed by atoms with Gasteiger partial charge in [-0.05, 0) is 24.8 Å². The van der Waals surface area contributed by atoms with Crippen molar-refractivity contribution in [1.29, 1.82) is 0 Å². The van der Waals surface area contributed by atoms with Crippen LogP contribution in [0.2, 0.25) is 6.32 Å². The fourth-order valence-corrected chi connectivity index (χ4v) is 3.39. The van der Waals surface area contributed by atoms with E-state index >= 15 is 0 Å². The average molecular weight is 386 g/mol. The van der Waals surface area contributed by atoms with E-state index in [-0.39, 0.29) is 0 Å². The zero-order valence-corrected chi connectivity index (χ0v) is 18.2. The molecule has 0 bridgehead atoms. The van der Waals surface area contributed by atoms with Crippen molar-refractivity contribution in [3.8, 4) is 0 Å². The second-order valence-corrected chi connectivity index (χ2v) is 7.89. The third kappa shape index (κ3) is 17.3. The average Bonchev–Trinajstić information content (AvgIpc) is 2.73. The Morgan fingerprint density at radius 3 is 1.43 bits per heavy atom. The van der Waals surface area contributed by atoms with E-state index in [0.29, 0.717) is 0 Å². The minimum absolute atomic E-state index is 0.743. The maximum absolute atomic E-state index is 5.76. The predicted molar refractivity (Wildman–Crippen MR) is 122 cm³/mol. The van der Waals surface area contributed by atoms with Crippen molar-refractivity contribution in [2.75, 3.05) is 19.8 Å². The van der Waals surface area contributed by atoms with Crippen LogP contribution in [0.5, 0.6) is 0 Å². The highest BCUT2D eigenvalue weighted by Gasteiger charge is 1.96. The van der Waals surface area contributed by atoms with Crippen LogP contribution in [0.15, 0.2) is 30.3 Å². The van der Waals surface area contributed by atoms with Crippen molar-refractivity contribution >= 4 is 7.85 Å². The van der Waals surface area contributed by atoms with Crippen molar-refractivity contribution in [3.63, 3.8) is 0 Å². The molecule has 0 N–H and O–H groups in total. The summed E-state index contributed by atoms with van der Waals surface area (Å²) in [6.07, 6.45) is 19.0. The van der Waals surface area contributed by atoms with Gasteiger partial charge in [-0.1, -0.05) is 107 Å². The third-order valence-corrected chi connectivity index (χ3v) is 5.18. The van der Waals surface area contributed by atoms with Gasteiger partial charge in [0.15, 0.2) is 0 Å². The summed E-state index contributed by atoms with van der Waals surface area (Å²) in [4.78, 5) is 0. The predicted octanol–water partition coefficient (Wildman–Crippen LogP) is 7.27. The van der Waals surface area contributed by atoms with Gasteiger partial charge in [-0.2, -0.15) is 0 Å². The number of benzene rings is 1. The monoisotopic (exact) mass is 386 g/mol. The van der Waals surface area contributed by atoms with E-state index < -0.39 is 0 Å². The molecular formula is C25H43BO2. The molecule has 3 heteroatoms. The SMILES string of the molecule is [B]CCCCCCCCCCOCCCCCCCCOCc1ccccc1. The Hall–Kier alpha value is -0.795. The maximum Gasteiger partial charge on any atom is 0.0716 e. The molecule has 0 aliphatic rings. The van der Waals surface area contributed by atoms with Crippen LogP contribution in [-0.2, 0) is 16.1 Å². The number of hydrogen-bond acceptors (Lipinski definition) is 2. The molecule has 0 unspecified atom stereocenters. The largest absolute Gasteiger partial charge is 0.381 e. The topological polar surface area (TPSA) is 18.5 Å². The third-order valence-electron chi connectivity index (χ3n) is 5.18. The summed E-state index contributed by atoms with van der Waals surface area (Å²) < 4.78 is 11.5. The van der Waals surface area contributed by atoms with Crippen LogP contribution < -0.4 is 0 Å². The van der Waals surface area contributed by atoms with Gasteiger partial charge < -0.3 is 9.47 Å². The Balaban J connectivity index is 1.67. The molecule has 0 saturated heterocycles. The molecule has 0 amide bonds. The minimum Gasteiger partial charge on any atom is -0.381 e. The van der Waals surface area contributed by atoms with Gasteiger partial charge in [0.05, 0.1) is 14.5 Å². The number of ether oxygens (including phenoxy) is 2. The second-order valence-electron chi connectivity index (χ2n) is 7.89. The zero-order valence-electron chi connectivity index (χ0n) is 18.2. The Morgan fingerprint density at radius 2 is 0.929 bits per heavy atom. The van der Waals surface area contributed by atoms with Gasteiger partial charge in [0, 0.05) is 19.8 Å².